The Bertz CT molecular complexity index is 307. The molecule has 0 aliphatic carbocycles. The number of rotatable bonds is 6. The van der Waals surface area contributed by atoms with E-state index in [1.165, 1.54) is 14.5 Å². The molecule has 8 heteroatoms. The number of ether oxygens (including phenoxy) is 3. The third-order valence-corrected chi connectivity index (χ3v) is 2.44. The fraction of sp³-hybridized carbons (Fsp3) is 0.833. The minimum Gasteiger partial charge on any atom is -0.469 e. The number of carbonyl (C=O) groups excluding carboxylic acids is 2. The highest BCUT2D eigenvalue weighted by Crippen LogP contribution is 2.21. The van der Waals surface area contributed by atoms with Gasteiger partial charge in [-0.25, -0.2) is 0 Å². The number of hydrogen-bond donors (Lipinski definition) is 2. The largest absolute Gasteiger partial charge is 0.469 e. The Morgan fingerprint density at radius 1 is 1.50 bits per heavy atom. The molecule has 0 amide bonds. The molecule has 3 atom stereocenters. The molecule has 0 spiro atoms. The van der Waals surface area contributed by atoms with Gasteiger partial charge in [0.2, 0.25) is 1.43 Å². The van der Waals surface area contributed by atoms with E-state index in [-0.39, 0.29) is 19.4 Å². The lowest BCUT2D eigenvalue weighted by atomic mass is 9.96. The highest BCUT2D eigenvalue weighted by atomic mass is 16.6. The zero-order valence-corrected chi connectivity index (χ0v) is 12.0. The number of esters is 2. The fourth-order valence-corrected chi connectivity index (χ4v) is 1.55. The van der Waals surface area contributed by atoms with Crippen LogP contribution < -0.4 is 0 Å². The van der Waals surface area contributed by atoms with Crippen LogP contribution in [-0.4, -0.2) is 70.5 Å². The van der Waals surface area contributed by atoms with Crippen LogP contribution in [0.2, 0.25) is 0 Å². The zero-order chi connectivity index (χ0) is 17.5. The Morgan fingerprint density at radius 2 is 2.10 bits per heavy atom. The average Bonchev–Trinajstić information content (AvgIpc) is 2.88. The van der Waals surface area contributed by atoms with Crippen molar-refractivity contribution in [1.29, 1.82) is 1.43 Å². The molecule has 2 radical (unpaired) electrons. The van der Waals surface area contributed by atoms with Crippen LogP contribution in [0.25, 0.3) is 0 Å². The van der Waals surface area contributed by atoms with Crippen LogP contribution in [0.5, 0.6) is 0 Å². The Balaban J connectivity index is 0. The molecule has 7 nitrogen and oxygen atoms in total. The van der Waals surface area contributed by atoms with Gasteiger partial charge in [0.1, 0.15) is 20.1 Å². The van der Waals surface area contributed by atoms with Gasteiger partial charge in [-0.3, -0.25) is 9.59 Å². The van der Waals surface area contributed by atoms with Crippen LogP contribution in [0.3, 0.4) is 0 Å². The van der Waals surface area contributed by atoms with Gasteiger partial charge in [-0.15, -0.1) is 0 Å². The summed E-state index contributed by atoms with van der Waals surface area (Å²) < 4.78 is 27.2. The van der Waals surface area contributed by atoms with E-state index in [0.29, 0.717) is 6.42 Å². The van der Waals surface area contributed by atoms with Crippen molar-refractivity contribution in [2.45, 2.75) is 44.9 Å². The topological polar surface area (TPSA) is 102 Å². The van der Waals surface area contributed by atoms with Crippen molar-refractivity contribution in [3.8, 4) is 0 Å². The predicted molar refractivity (Wildman–Crippen MR) is 72.1 cm³/mol. The molecular formula is C12H23BO7. The first-order valence-corrected chi connectivity index (χ1v) is 5.77. The minimum atomic E-state index is -0.546. The molecule has 1 rings (SSSR count). The second-order valence-corrected chi connectivity index (χ2v) is 3.72. The normalized spacial score (nSPS) is 24.9. The standard InChI is InChI=1S/C10H15BO6.CH4O.CH4/c1-15-9(13)2-3-10(14)17-6-4-8(11)16-7(6)5-12;1-2;/h6-8,12H,2-5H2,1H3;2H,1H3;1H4/i12T;;1D. The van der Waals surface area contributed by atoms with E-state index in [9.17, 15) is 9.59 Å². The first-order valence-electron chi connectivity index (χ1n) is 7.17. The SMILES string of the molecule is CO.[2H]C.[3H]OCC1OC([B])CC1OC(=O)CCC(=O)OC. The van der Waals surface area contributed by atoms with Gasteiger partial charge >= 0.3 is 11.9 Å². The number of carbonyl (C=O) groups is 2. The lowest BCUT2D eigenvalue weighted by Crippen LogP contribution is -2.30. The summed E-state index contributed by atoms with van der Waals surface area (Å²) in [6.07, 6.45) is -0.838. The van der Waals surface area contributed by atoms with Gasteiger partial charge in [-0.2, -0.15) is 0 Å². The predicted octanol–water partition coefficient (Wildman–Crippen LogP) is -0.628. The third kappa shape index (κ3) is 7.47. The molecule has 1 fully saturated rings. The van der Waals surface area contributed by atoms with Crippen molar-refractivity contribution in [3.05, 3.63) is 0 Å². The Morgan fingerprint density at radius 3 is 2.65 bits per heavy atom. The Kier molecular flexibility index (Phi) is 9.90. The van der Waals surface area contributed by atoms with Gasteiger partial charge in [-0.1, -0.05) is 7.40 Å². The van der Waals surface area contributed by atoms with E-state index in [1.54, 1.807) is 0 Å². The van der Waals surface area contributed by atoms with Crippen molar-refractivity contribution >= 4 is 19.8 Å². The van der Waals surface area contributed by atoms with Crippen molar-refractivity contribution in [2.24, 2.45) is 0 Å². The Hall–Kier alpha value is -1.12. The molecule has 0 aromatic carbocycles. The van der Waals surface area contributed by atoms with Gasteiger partial charge in [0.25, 0.3) is 0 Å². The molecule has 1 heterocycles. The Labute approximate surface area is 123 Å². The van der Waals surface area contributed by atoms with Crippen LogP contribution in [0, 0.1) is 0 Å². The van der Waals surface area contributed by atoms with Crippen LogP contribution in [0.1, 0.15) is 28.0 Å². The maximum Gasteiger partial charge on any atom is 0.306 e. The molecule has 1 aliphatic heterocycles. The highest BCUT2D eigenvalue weighted by Gasteiger charge is 2.34. The molecule has 20 heavy (non-hydrogen) atoms. The van der Waals surface area contributed by atoms with Gasteiger partial charge in [0.15, 0.2) is 0 Å². The minimum absolute atomic E-state index is 0.0252. The summed E-state index contributed by atoms with van der Waals surface area (Å²) in [6, 6.07) is -0.538. The zero-order valence-electron chi connectivity index (χ0n) is 14.0. The van der Waals surface area contributed by atoms with E-state index in [2.05, 4.69) is 9.85 Å². The summed E-state index contributed by atoms with van der Waals surface area (Å²) in [7, 11) is 9.06. The lowest BCUT2D eigenvalue weighted by Gasteiger charge is -2.16. The van der Waals surface area contributed by atoms with Crippen LogP contribution >= 0.6 is 0 Å². The van der Waals surface area contributed by atoms with E-state index in [1.807, 2.05) is 0 Å². The lowest BCUT2D eigenvalue weighted by molar-refractivity contribution is -0.155. The summed E-state index contributed by atoms with van der Waals surface area (Å²) in [5, 5.41) is 11.2. The third-order valence-electron chi connectivity index (χ3n) is 2.44. The summed E-state index contributed by atoms with van der Waals surface area (Å²) in [5.41, 5.74) is 0. The molecule has 2 N–H and O–H groups in total. The van der Waals surface area contributed by atoms with Gasteiger partial charge in [0, 0.05) is 20.9 Å². The number of aliphatic hydroxyl groups is 2. The maximum absolute atomic E-state index is 11.5. The molecule has 0 saturated carbocycles. The average molecular weight is 293 g/mol. The van der Waals surface area contributed by atoms with Crippen LogP contribution in [-0.2, 0) is 23.8 Å². The molecule has 0 bridgehead atoms. The van der Waals surface area contributed by atoms with E-state index >= 15 is 0 Å². The molecule has 0 aromatic rings. The van der Waals surface area contributed by atoms with E-state index < -0.39 is 30.1 Å². The van der Waals surface area contributed by atoms with Crippen molar-refractivity contribution in [1.82, 2.24) is 0 Å². The summed E-state index contributed by atoms with van der Waals surface area (Å²) in [6.45, 7) is -0.0252. The second-order valence-electron chi connectivity index (χ2n) is 3.72. The monoisotopic (exact) mass is 293 g/mol. The second kappa shape index (κ2) is 11.7. The van der Waals surface area contributed by atoms with Gasteiger partial charge in [-0.05, 0) is 0 Å². The molecule has 1 saturated heterocycles. The molecule has 1 aliphatic rings. The van der Waals surface area contributed by atoms with E-state index in [4.69, 9.17) is 25.2 Å². The van der Waals surface area contributed by atoms with Crippen LogP contribution in [0.4, 0.5) is 0 Å². The molecule has 3 unspecified atom stereocenters. The summed E-state index contributed by atoms with van der Waals surface area (Å²) >= 11 is 0. The summed E-state index contributed by atoms with van der Waals surface area (Å²) in [4.78, 5) is 22.3. The maximum atomic E-state index is 11.5. The fourth-order valence-electron chi connectivity index (χ4n) is 1.55. The number of methoxy groups -OCH3 is 1. The molecule has 0 aromatic heterocycles. The van der Waals surface area contributed by atoms with Crippen molar-refractivity contribution in [3.63, 3.8) is 0 Å². The first-order chi connectivity index (χ1) is 10.6. The first kappa shape index (κ1) is 16.9. The van der Waals surface area contributed by atoms with Crippen molar-refractivity contribution in [2.75, 3.05) is 20.8 Å². The van der Waals surface area contributed by atoms with Crippen molar-refractivity contribution < 1.29 is 35.4 Å². The highest BCUT2D eigenvalue weighted by molar-refractivity contribution is 6.11. The van der Waals surface area contributed by atoms with E-state index in [0.717, 1.165) is 7.11 Å². The quantitative estimate of drug-likeness (QED) is 0.496. The summed E-state index contributed by atoms with van der Waals surface area (Å²) in [5.74, 6) is -1.00. The molecule has 116 valence electrons. The van der Waals surface area contributed by atoms with Gasteiger partial charge in [0.05, 0.1) is 26.6 Å². The van der Waals surface area contributed by atoms with Gasteiger partial charge < -0.3 is 24.4 Å². The number of aliphatic hydroxyl groups excluding tert-OH is 2. The number of hydrogen-bond acceptors (Lipinski definition) is 7. The smallest absolute Gasteiger partial charge is 0.306 e. The molecular weight excluding hydrogens is 267 g/mol. The van der Waals surface area contributed by atoms with Crippen LogP contribution in [0.15, 0.2) is 0 Å².